The number of halogens is 2. The smallest absolute Gasteiger partial charge is 0.242 e. The first-order valence-corrected chi connectivity index (χ1v) is 8.86. The molecule has 7 heteroatoms. The SMILES string of the molecule is NCc1c(Cl)ccc(S(=O)(=O)NCCC2CCC2)c1Cl. The van der Waals surface area contributed by atoms with E-state index in [0.29, 0.717) is 23.0 Å². The van der Waals surface area contributed by atoms with Crippen molar-refractivity contribution in [3.8, 4) is 0 Å². The Kier molecular flexibility index (Phi) is 5.31. The first-order chi connectivity index (χ1) is 9.45. The van der Waals surface area contributed by atoms with E-state index in [2.05, 4.69) is 4.72 Å². The Labute approximate surface area is 129 Å². The zero-order valence-corrected chi connectivity index (χ0v) is 13.4. The summed E-state index contributed by atoms with van der Waals surface area (Å²) in [4.78, 5) is 0.0395. The van der Waals surface area contributed by atoms with Crippen molar-refractivity contribution in [2.75, 3.05) is 6.54 Å². The minimum atomic E-state index is -3.62. The number of benzene rings is 1. The summed E-state index contributed by atoms with van der Waals surface area (Å²) in [5.74, 6) is 0.651. The molecule has 112 valence electrons. The Balaban J connectivity index is 2.12. The zero-order valence-electron chi connectivity index (χ0n) is 11.0. The number of sulfonamides is 1. The summed E-state index contributed by atoms with van der Waals surface area (Å²) >= 11 is 12.0. The molecule has 0 aliphatic heterocycles. The maximum Gasteiger partial charge on any atom is 0.242 e. The van der Waals surface area contributed by atoms with Crippen molar-refractivity contribution in [1.82, 2.24) is 4.72 Å². The van der Waals surface area contributed by atoms with Crippen molar-refractivity contribution < 1.29 is 8.42 Å². The molecule has 20 heavy (non-hydrogen) atoms. The maximum atomic E-state index is 12.2. The normalized spacial score (nSPS) is 16.1. The van der Waals surface area contributed by atoms with Gasteiger partial charge >= 0.3 is 0 Å². The van der Waals surface area contributed by atoms with E-state index in [9.17, 15) is 8.42 Å². The minimum absolute atomic E-state index is 0.0395. The van der Waals surface area contributed by atoms with Crippen LogP contribution in [-0.2, 0) is 16.6 Å². The van der Waals surface area contributed by atoms with Gasteiger partial charge in [-0.1, -0.05) is 42.5 Å². The fraction of sp³-hybridized carbons (Fsp3) is 0.538. The summed E-state index contributed by atoms with van der Waals surface area (Å²) in [6, 6.07) is 2.92. The van der Waals surface area contributed by atoms with Crippen LogP contribution < -0.4 is 10.5 Å². The standard InChI is InChI=1S/C13H18Cl2N2O2S/c14-11-4-5-12(13(15)10(11)8-16)20(18,19)17-7-6-9-2-1-3-9/h4-5,9,17H,1-3,6-8,16H2. The van der Waals surface area contributed by atoms with Gasteiger partial charge < -0.3 is 5.73 Å². The van der Waals surface area contributed by atoms with Gasteiger partial charge in [0, 0.05) is 23.7 Å². The Morgan fingerprint density at radius 3 is 2.55 bits per heavy atom. The van der Waals surface area contributed by atoms with Gasteiger partial charge in [-0.05, 0) is 24.5 Å². The van der Waals surface area contributed by atoms with Gasteiger partial charge in [0.2, 0.25) is 10.0 Å². The van der Waals surface area contributed by atoms with E-state index < -0.39 is 10.0 Å². The Bertz CT molecular complexity index is 586. The van der Waals surface area contributed by atoms with Crippen LogP contribution in [0.2, 0.25) is 10.0 Å². The molecule has 3 N–H and O–H groups in total. The van der Waals surface area contributed by atoms with E-state index in [1.54, 1.807) is 0 Å². The van der Waals surface area contributed by atoms with E-state index >= 15 is 0 Å². The molecule has 0 unspecified atom stereocenters. The van der Waals surface area contributed by atoms with E-state index in [0.717, 1.165) is 6.42 Å². The molecular formula is C13H18Cl2N2O2S. The summed E-state index contributed by atoms with van der Waals surface area (Å²) in [6.45, 7) is 0.535. The molecule has 0 atom stereocenters. The second-order valence-corrected chi connectivity index (χ2v) is 7.55. The third kappa shape index (κ3) is 3.46. The van der Waals surface area contributed by atoms with Crippen LogP contribution in [0.3, 0.4) is 0 Å². The lowest BCUT2D eigenvalue weighted by molar-refractivity contribution is 0.297. The van der Waals surface area contributed by atoms with Gasteiger partial charge in [-0.3, -0.25) is 0 Å². The van der Waals surface area contributed by atoms with Crippen LogP contribution in [-0.4, -0.2) is 15.0 Å². The second kappa shape index (κ2) is 6.62. The summed E-state index contributed by atoms with van der Waals surface area (Å²) in [5, 5.41) is 0.488. The van der Waals surface area contributed by atoms with Gasteiger partial charge in [0.1, 0.15) is 4.90 Å². The predicted molar refractivity (Wildman–Crippen MR) is 81.5 cm³/mol. The van der Waals surface area contributed by atoms with Crippen molar-refractivity contribution in [1.29, 1.82) is 0 Å². The molecule has 1 fully saturated rings. The lowest BCUT2D eigenvalue weighted by Crippen LogP contribution is -2.28. The highest BCUT2D eigenvalue weighted by Gasteiger charge is 2.22. The van der Waals surface area contributed by atoms with E-state index in [1.807, 2.05) is 0 Å². The summed E-state index contributed by atoms with van der Waals surface area (Å²) in [5.41, 5.74) is 6.00. The number of hydrogen-bond acceptors (Lipinski definition) is 3. The molecule has 1 aromatic carbocycles. The van der Waals surface area contributed by atoms with Crippen molar-refractivity contribution in [2.45, 2.75) is 37.1 Å². The maximum absolute atomic E-state index is 12.2. The van der Waals surface area contributed by atoms with Crippen molar-refractivity contribution in [3.63, 3.8) is 0 Å². The average Bonchev–Trinajstić information content (AvgIpc) is 2.32. The third-order valence-electron chi connectivity index (χ3n) is 3.71. The number of nitrogens with one attached hydrogen (secondary N) is 1. The van der Waals surface area contributed by atoms with Crippen LogP contribution in [0.4, 0.5) is 0 Å². The lowest BCUT2D eigenvalue weighted by Gasteiger charge is -2.25. The summed E-state index contributed by atoms with van der Waals surface area (Å²) in [7, 11) is -3.62. The molecule has 0 amide bonds. The van der Waals surface area contributed by atoms with Gasteiger partial charge in [-0.2, -0.15) is 0 Å². The molecule has 0 radical (unpaired) electrons. The quantitative estimate of drug-likeness (QED) is 0.838. The Morgan fingerprint density at radius 1 is 1.30 bits per heavy atom. The fourth-order valence-corrected chi connectivity index (χ4v) is 4.21. The highest BCUT2D eigenvalue weighted by atomic mass is 35.5. The second-order valence-electron chi connectivity index (χ2n) is 5.03. The van der Waals surface area contributed by atoms with Crippen molar-refractivity contribution >= 4 is 33.2 Å². The molecular weight excluding hydrogens is 319 g/mol. The van der Waals surface area contributed by atoms with Gasteiger partial charge in [-0.25, -0.2) is 13.1 Å². The van der Waals surface area contributed by atoms with Gasteiger partial charge in [0.05, 0.1) is 5.02 Å². The highest BCUT2D eigenvalue weighted by Crippen LogP contribution is 2.31. The molecule has 0 saturated heterocycles. The molecule has 0 spiro atoms. The Morgan fingerprint density at radius 2 is 2.00 bits per heavy atom. The molecule has 1 aliphatic rings. The number of hydrogen-bond donors (Lipinski definition) is 2. The van der Waals surface area contributed by atoms with E-state index in [1.165, 1.54) is 31.4 Å². The lowest BCUT2D eigenvalue weighted by atomic mass is 9.83. The molecule has 4 nitrogen and oxygen atoms in total. The topological polar surface area (TPSA) is 72.2 Å². The van der Waals surface area contributed by atoms with Crippen LogP contribution in [0.25, 0.3) is 0 Å². The largest absolute Gasteiger partial charge is 0.326 e. The molecule has 0 heterocycles. The summed E-state index contributed by atoms with van der Waals surface area (Å²) < 4.78 is 27.1. The number of nitrogens with two attached hydrogens (primary N) is 1. The highest BCUT2D eigenvalue weighted by molar-refractivity contribution is 7.89. The predicted octanol–water partition coefficient (Wildman–Crippen LogP) is 2.92. The van der Waals surface area contributed by atoms with Crippen molar-refractivity contribution in [3.05, 3.63) is 27.7 Å². The monoisotopic (exact) mass is 336 g/mol. The fourth-order valence-electron chi connectivity index (χ4n) is 2.23. The number of rotatable bonds is 6. The molecule has 2 rings (SSSR count). The molecule has 1 aromatic rings. The minimum Gasteiger partial charge on any atom is -0.326 e. The van der Waals surface area contributed by atoms with Crippen molar-refractivity contribution in [2.24, 2.45) is 11.7 Å². The van der Waals surface area contributed by atoms with E-state index in [4.69, 9.17) is 28.9 Å². The first-order valence-electron chi connectivity index (χ1n) is 6.62. The molecule has 1 aliphatic carbocycles. The molecule has 0 bridgehead atoms. The summed E-state index contributed by atoms with van der Waals surface area (Å²) in [6.07, 6.45) is 4.51. The molecule has 0 aromatic heterocycles. The zero-order chi connectivity index (χ0) is 14.8. The third-order valence-corrected chi connectivity index (χ3v) is 6.11. The van der Waals surface area contributed by atoms with E-state index in [-0.39, 0.29) is 16.5 Å². The first kappa shape index (κ1) is 16.0. The average molecular weight is 337 g/mol. The van der Waals surface area contributed by atoms with Crippen LogP contribution in [0.5, 0.6) is 0 Å². The van der Waals surface area contributed by atoms with Crippen LogP contribution in [0.1, 0.15) is 31.2 Å². The van der Waals surface area contributed by atoms with Crippen LogP contribution in [0.15, 0.2) is 17.0 Å². The Hall–Kier alpha value is -0.330. The molecule has 1 saturated carbocycles. The van der Waals surface area contributed by atoms with Gasteiger partial charge in [-0.15, -0.1) is 0 Å². The van der Waals surface area contributed by atoms with Gasteiger partial charge in [0.25, 0.3) is 0 Å². The van der Waals surface area contributed by atoms with Crippen LogP contribution >= 0.6 is 23.2 Å². The van der Waals surface area contributed by atoms with Gasteiger partial charge in [0.15, 0.2) is 0 Å². The van der Waals surface area contributed by atoms with Crippen LogP contribution in [0, 0.1) is 5.92 Å².